The molecule has 0 saturated heterocycles. The summed E-state index contributed by atoms with van der Waals surface area (Å²) in [5.41, 5.74) is 8.64. The van der Waals surface area contributed by atoms with Crippen LogP contribution < -0.4 is 5.73 Å². The van der Waals surface area contributed by atoms with Crippen LogP contribution in [0, 0.1) is 12.7 Å². The number of carbonyl (C=O) groups is 1. The summed E-state index contributed by atoms with van der Waals surface area (Å²) in [6.45, 7) is 3.03. The molecule has 17 heavy (non-hydrogen) atoms. The van der Waals surface area contributed by atoms with Crippen LogP contribution in [0.4, 0.5) is 10.1 Å². The van der Waals surface area contributed by atoms with Gasteiger partial charge in [0.15, 0.2) is 5.78 Å². The first kappa shape index (κ1) is 11.7. The molecule has 0 spiro atoms. The van der Waals surface area contributed by atoms with Crippen molar-refractivity contribution in [3.63, 3.8) is 0 Å². The Balaban J connectivity index is 2.65. The Morgan fingerprint density at radius 3 is 2.82 bits per heavy atom. The minimum atomic E-state index is -0.392. The van der Waals surface area contributed by atoms with Crippen LogP contribution in [0.15, 0.2) is 17.6 Å². The Morgan fingerprint density at radius 2 is 2.18 bits per heavy atom. The highest BCUT2D eigenvalue weighted by molar-refractivity contribution is 7.13. The van der Waals surface area contributed by atoms with Gasteiger partial charge in [0.2, 0.25) is 0 Å². The largest absolute Gasteiger partial charge is 0.398 e. The van der Waals surface area contributed by atoms with E-state index in [0.29, 0.717) is 27.4 Å². The van der Waals surface area contributed by atoms with Crippen LogP contribution in [-0.4, -0.2) is 10.8 Å². The zero-order chi connectivity index (χ0) is 12.6. The molecule has 1 heterocycles. The van der Waals surface area contributed by atoms with Crippen molar-refractivity contribution in [3.8, 4) is 10.4 Å². The number of ketones is 1. The first-order valence-corrected chi connectivity index (χ1v) is 5.89. The lowest BCUT2D eigenvalue weighted by Gasteiger charge is -2.07. The molecule has 2 rings (SSSR count). The van der Waals surface area contributed by atoms with Crippen LogP contribution >= 0.6 is 11.3 Å². The average molecular weight is 250 g/mol. The summed E-state index contributed by atoms with van der Waals surface area (Å²) < 4.78 is 14.1. The number of aromatic nitrogens is 1. The van der Waals surface area contributed by atoms with Crippen molar-refractivity contribution in [2.24, 2.45) is 0 Å². The number of anilines is 1. The molecule has 0 aliphatic heterocycles. The number of benzene rings is 1. The number of Topliss-reactive ketones (excluding diaryl/α,β-unsaturated/α-hetero) is 1. The number of hydrogen-bond donors (Lipinski definition) is 1. The molecule has 0 saturated carbocycles. The molecule has 0 radical (unpaired) electrons. The Morgan fingerprint density at radius 1 is 1.47 bits per heavy atom. The molecule has 1 aromatic heterocycles. The van der Waals surface area contributed by atoms with E-state index in [1.54, 1.807) is 19.1 Å². The summed E-state index contributed by atoms with van der Waals surface area (Å²) >= 11 is 1.25. The maximum atomic E-state index is 14.1. The lowest BCUT2D eigenvalue weighted by molar-refractivity contribution is 0.101. The quantitative estimate of drug-likeness (QED) is 0.658. The molecule has 0 unspecified atom stereocenters. The van der Waals surface area contributed by atoms with Gasteiger partial charge in [0.1, 0.15) is 11.5 Å². The normalized spacial score (nSPS) is 10.5. The van der Waals surface area contributed by atoms with Gasteiger partial charge in [-0.2, -0.15) is 0 Å². The number of carbonyl (C=O) groups excluding carboxylic acids is 1. The first-order chi connectivity index (χ1) is 8.02. The Kier molecular flexibility index (Phi) is 2.93. The molecular weight excluding hydrogens is 239 g/mol. The third kappa shape index (κ3) is 1.93. The van der Waals surface area contributed by atoms with Crippen molar-refractivity contribution < 1.29 is 9.18 Å². The first-order valence-electron chi connectivity index (χ1n) is 5.01. The minimum Gasteiger partial charge on any atom is -0.398 e. The summed E-state index contributed by atoms with van der Waals surface area (Å²) in [5.74, 6) is -0.563. The summed E-state index contributed by atoms with van der Waals surface area (Å²) in [6.07, 6.45) is 0. The number of nitrogens with zero attached hydrogens (tertiary/aromatic N) is 1. The van der Waals surface area contributed by atoms with E-state index < -0.39 is 5.82 Å². The van der Waals surface area contributed by atoms with Crippen LogP contribution in [0.1, 0.15) is 23.0 Å². The van der Waals surface area contributed by atoms with Gasteiger partial charge in [-0.05, 0) is 19.1 Å². The van der Waals surface area contributed by atoms with Crippen LogP contribution in [0.3, 0.4) is 0 Å². The third-order valence-corrected chi connectivity index (χ3v) is 3.43. The number of hydrogen-bond acceptors (Lipinski definition) is 4. The van der Waals surface area contributed by atoms with Crippen molar-refractivity contribution in [3.05, 3.63) is 34.7 Å². The number of halogens is 1. The molecule has 0 aliphatic rings. The van der Waals surface area contributed by atoms with Gasteiger partial charge < -0.3 is 5.73 Å². The van der Waals surface area contributed by atoms with Gasteiger partial charge in [0, 0.05) is 23.7 Å². The van der Waals surface area contributed by atoms with Crippen molar-refractivity contribution in [2.45, 2.75) is 13.8 Å². The van der Waals surface area contributed by atoms with E-state index in [2.05, 4.69) is 4.98 Å². The van der Waals surface area contributed by atoms with E-state index >= 15 is 0 Å². The van der Waals surface area contributed by atoms with E-state index in [-0.39, 0.29) is 5.78 Å². The standard InChI is InChI=1S/C12H11FN2OS/c1-6-9(14)4-3-8(10(6)13)12-11(7(2)16)15-5-17-12/h3-5H,14H2,1-2H3. The zero-order valence-corrected chi connectivity index (χ0v) is 10.3. The molecule has 0 atom stereocenters. The Labute approximate surface area is 102 Å². The Hall–Kier alpha value is -1.75. The van der Waals surface area contributed by atoms with Crippen molar-refractivity contribution in [2.75, 3.05) is 5.73 Å². The fourth-order valence-corrected chi connectivity index (χ4v) is 2.42. The van der Waals surface area contributed by atoms with Crippen molar-refractivity contribution in [1.29, 1.82) is 0 Å². The average Bonchev–Trinajstić information content (AvgIpc) is 2.75. The van der Waals surface area contributed by atoms with E-state index in [1.165, 1.54) is 23.8 Å². The van der Waals surface area contributed by atoms with Gasteiger partial charge in [0.05, 0.1) is 10.4 Å². The second kappa shape index (κ2) is 4.25. The van der Waals surface area contributed by atoms with E-state index in [9.17, 15) is 9.18 Å². The number of thiazole rings is 1. The lowest BCUT2D eigenvalue weighted by atomic mass is 10.1. The molecule has 1 aromatic carbocycles. The van der Waals surface area contributed by atoms with Gasteiger partial charge in [-0.3, -0.25) is 4.79 Å². The van der Waals surface area contributed by atoms with Crippen LogP contribution in [0.2, 0.25) is 0 Å². The van der Waals surface area contributed by atoms with E-state index in [1.807, 2.05) is 0 Å². The molecule has 5 heteroatoms. The molecule has 88 valence electrons. The van der Waals surface area contributed by atoms with Gasteiger partial charge in [-0.25, -0.2) is 9.37 Å². The molecule has 0 amide bonds. The molecule has 0 fully saturated rings. The highest BCUT2D eigenvalue weighted by Gasteiger charge is 2.17. The van der Waals surface area contributed by atoms with Gasteiger partial charge in [-0.15, -0.1) is 11.3 Å². The van der Waals surface area contributed by atoms with Crippen molar-refractivity contribution >= 4 is 22.8 Å². The van der Waals surface area contributed by atoms with E-state index in [4.69, 9.17) is 5.73 Å². The molecule has 0 aliphatic carbocycles. The second-order valence-corrected chi connectivity index (χ2v) is 4.58. The highest BCUT2D eigenvalue weighted by Crippen LogP contribution is 2.33. The SMILES string of the molecule is CC(=O)c1ncsc1-c1ccc(N)c(C)c1F. The summed E-state index contributed by atoms with van der Waals surface area (Å²) in [4.78, 5) is 15.9. The number of rotatable bonds is 2. The maximum absolute atomic E-state index is 14.1. The third-order valence-electron chi connectivity index (χ3n) is 2.57. The highest BCUT2D eigenvalue weighted by atomic mass is 32.1. The van der Waals surface area contributed by atoms with Crippen LogP contribution in [-0.2, 0) is 0 Å². The summed E-state index contributed by atoms with van der Waals surface area (Å²) in [6, 6.07) is 3.22. The second-order valence-electron chi connectivity index (χ2n) is 3.73. The molecule has 2 N–H and O–H groups in total. The minimum absolute atomic E-state index is 0.171. The zero-order valence-electron chi connectivity index (χ0n) is 9.45. The number of nitrogens with two attached hydrogens (primary N) is 1. The van der Waals surface area contributed by atoms with Crippen LogP contribution in [0.25, 0.3) is 10.4 Å². The molecule has 3 nitrogen and oxygen atoms in total. The predicted octanol–water partition coefficient (Wildman–Crippen LogP) is 3.04. The van der Waals surface area contributed by atoms with Gasteiger partial charge in [0.25, 0.3) is 0 Å². The maximum Gasteiger partial charge on any atom is 0.179 e. The monoisotopic (exact) mass is 250 g/mol. The van der Waals surface area contributed by atoms with Crippen LogP contribution in [0.5, 0.6) is 0 Å². The molecule has 0 bridgehead atoms. The lowest BCUT2D eigenvalue weighted by Crippen LogP contribution is -1.98. The van der Waals surface area contributed by atoms with Gasteiger partial charge >= 0.3 is 0 Å². The topological polar surface area (TPSA) is 56.0 Å². The van der Waals surface area contributed by atoms with Crippen molar-refractivity contribution in [1.82, 2.24) is 4.98 Å². The summed E-state index contributed by atoms with van der Waals surface area (Å²) in [5, 5.41) is 0. The molecular formula is C12H11FN2OS. The smallest absolute Gasteiger partial charge is 0.179 e. The Bertz CT molecular complexity index is 592. The summed E-state index contributed by atoms with van der Waals surface area (Å²) in [7, 11) is 0. The fourth-order valence-electron chi connectivity index (χ4n) is 1.56. The van der Waals surface area contributed by atoms with E-state index in [0.717, 1.165) is 0 Å². The molecule has 2 aromatic rings. The van der Waals surface area contributed by atoms with Gasteiger partial charge in [-0.1, -0.05) is 0 Å². The predicted molar refractivity (Wildman–Crippen MR) is 66.7 cm³/mol. The fraction of sp³-hybridized carbons (Fsp3) is 0.167. The number of nitrogen functional groups attached to an aromatic ring is 1.